The number of halogens is 1. The van der Waals surface area contributed by atoms with Gasteiger partial charge in [-0.3, -0.25) is 25.0 Å². The highest BCUT2D eigenvalue weighted by molar-refractivity contribution is 6.39. The molecule has 0 bridgehead atoms. The van der Waals surface area contributed by atoms with E-state index in [4.69, 9.17) is 16.0 Å². The Morgan fingerprint density at radius 2 is 1.88 bits per heavy atom. The van der Waals surface area contributed by atoms with Gasteiger partial charge in [-0.05, 0) is 42.8 Å². The number of urea groups is 1. The first-order valence-electron chi connectivity index (χ1n) is 9.27. The first kappa shape index (κ1) is 21.0. The summed E-state index contributed by atoms with van der Waals surface area (Å²) in [5.41, 5.74) is 0.997. The molecule has 0 spiro atoms. The van der Waals surface area contributed by atoms with Crippen LogP contribution < -0.4 is 10.2 Å². The summed E-state index contributed by atoms with van der Waals surface area (Å²) in [4.78, 5) is 48.9. The Hall–Kier alpha value is -4.24. The van der Waals surface area contributed by atoms with Gasteiger partial charge in [0.2, 0.25) is 0 Å². The van der Waals surface area contributed by atoms with Crippen LogP contribution in [0.2, 0.25) is 5.02 Å². The molecule has 0 saturated carbocycles. The maximum atomic E-state index is 13.0. The summed E-state index contributed by atoms with van der Waals surface area (Å²) in [6, 6.07) is 12.6. The van der Waals surface area contributed by atoms with Crippen molar-refractivity contribution in [3.63, 3.8) is 0 Å². The third-order valence-electron chi connectivity index (χ3n) is 4.77. The number of carbonyl (C=O) groups is 3. The SMILES string of the molecule is Cc1ccc(N2C(=O)NC(=O)/C(=C/c3ccc(-c4cccc([N+](=O)[O-])c4)o3)C2=O)cc1Cl. The lowest BCUT2D eigenvalue weighted by molar-refractivity contribution is -0.384. The molecule has 4 amide bonds. The second kappa shape index (κ2) is 8.12. The molecule has 0 unspecified atom stereocenters. The third-order valence-corrected chi connectivity index (χ3v) is 5.18. The Morgan fingerprint density at radius 1 is 1.09 bits per heavy atom. The van der Waals surface area contributed by atoms with E-state index in [1.54, 1.807) is 31.2 Å². The van der Waals surface area contributed by atoms with Gasteiger partial charge in [-0.2, -0.15) is 0 Å². The number of carbonyl (C=O) groups excluding carboxylic acids is 3. The Labute approximate surface area is 186 Å². The van der Waals surface area contributed by atoms with Crippen molar-refractivity contribution in [1.29, 1.82) is 0 Å². The number of rotatable bonds is 4. The highest BCUT2D eigenvalue weighted by atomic mass is 35.5. The Kier molecular flexibility index (Phi) is 5.33. The van der Waals surface area contributed by atoms with Gasteiger partial charge in [0.05, 0.1) is 10.6 Å². The van der Waals surface area contributed by atoms with Crippen LogP contribution in [-0.4, -0.2) is 22.8 Å². The summed E-state index contributed by atoms with van der Waals surface area (Å²) in [5, 5.41) is 13.5. The predicted molar refractivity (Wildman–Crippen MR) is 116 cm³/mol. The van der Waals surface area contributed by atoms with Crippen molar-refractivity contribution < 1.29 is 23.7 Å². The monoisotopic (exact) mass is 451 g/mol. The minimum Gasteiger partial charge on any atom is -0.457 e. The van der Waals surface area contributed by atoms with E-state index in [9.17, 15) is 24.5 Å². The molecule has 32 heavy (non-hydrogen) atoms. The fraction of sp³-hybridized carbons (Fsp3) is 0.0455. The van der Waals surface area contributed by atoms with E-state index in [1.165, 1.54) is 36.4 Å². The van der Waals surface area contributed by atoms with E-state index in [0.29, 0.717) is 16.3 Å². The molecule has 4 rings (SSSR count). The van der Waals surface area contributed by atoms with Crippen LogP contribution in [0, 0.1) is 17.0 Å². The standard InChI is InChI=1S/C22H14ClN3O6/c1-12-5-6-14(10-18(12)23)25-21(28)17(20(27)24-22(25)29)11-16-7-8-19(32-16)13-3-2-4-15(9-13)26(30)31/h2-11H,1H3,(H,24,27,29)/b17-11-. The normalized spacial score (nSPS) is 15.2. The van der Waals surface area contributed by atoms with Crippen molar-refractivity contribution in [1.82, 2.24) is 5.32 Å². The molecule has 1 fully saturated rings. The van der Waals surface area contributed by atoms with Crippen LogP contribution in [0.5, 0.6) is 0 Å². The van der Waals surface area contributed by atoms with Gasteiger partial charge < -0.3 is 4.42 Å². The van der Waals surface area contributed by atoms with Gasteiger partial charge in [0, 0.05) is 22.7 Å². The lowest BCUT2D eigenvalue weighted by Crippen LogP contribution is -2.54. The Morgan fingerprint density at radius 3 is 2.59 bits per heavy atom. The van der Waals surface area contributed by atoms with Crippen LogP contribution in [-0.2, 0) is 9.59 Å². The molecular weight excluding hydrogens is 438 g/mol. The molecule has 1 aliphatic heterocycles. The highest BCUT2D eigenvalue weighted by Gasteiger charge is 2.37. The number of furan rings is 1. The maximum absolute atomic E-state index is 13.0. The molecule has 1 saturated heterocycles. The minimum atomic E-state index is -0.895. The number of imide groups is 2. The van der Waals surface area contributed by atoms with Crippen molar-refractivity contribution >= 4 is 46.9 Å². The summed E-state index contributed by atoms with van der Waals surface area (Å²) < 4.78 is 5.65. The Bertz CT molecular complexity index is 1330. The average Bonchev–Trinajstić information content (AvgIpc) is 3.22. The van der Waals surface area contributed by atoms with Gasteiger partial charge in [0.25, 0.3) is 17.5 Å². The number of barbiturate groups is 1. The molecule has 0 radical (unpaired) electrons. The molecule has 9 nitrogen and oxygen atoms in total. The van der Waals surface area contributed by atoms with Crippen molar-refractivity contribution in [3.8, 4) is 11.3 Å². The second-order valence-electron chi connectivity index (χ2n) is 6.90. The average molecular weight is 452 g/mol. The molecule has 3 aromatic rings. The van der Waals surface area contributed by atoms with E-state index in [-0.39, 0.29) is 22.7 Å². The number of nitrogens with zero attached hydrogens (tertiary/aromatic N) is 2. The summed E-state index contributed by atoms with van der Waals surface area (Å²) in [5.74, 6) is -1.25. The van der Waals surface area contributed by atoms with Crippen LogP contribution in [0.3, 0.4) is 0 Å². The van der Waals surface area contributed by atoms with Crippen LogP contribution >= 0.6 is 11.6 Å². The summed E-state index contributed by atoms with van der Waals surface area (Å²) >= 11 is 6.11. The van der Waals surface area contributed by atoms with Crippen LogP contribution in [0.4, 0.5) is 16.2 Å². The molecule has 1 aromatic heterocycles. The number of aryl methyl sites for hydroxylation is 1. The summed E-state index contributed by atoms with van der Waals surface area (Å²) in [6.45, 7) is 1.77. The van der Waals surface area contributed by atoms with Gasteiger partial charge >= 0.3 is 6.03 Å². The molecule has 1 aliphatic rings. The number of hydrogen-bond acceptors (Lipinski definition) is 6. The van der Waals surface area contributed by atoms with Crippen molar-refractivity contribution in [2.45, 2.75) is 6.92 Å². The molecule has 160 valence electrons. The number of amides is 4. The maximum Gasteiger partial charge on any atom is 0.335 e. The molecule has 2 aromatic carbocycles. The molecule has 0 aliphatic carbocycles. The topological polar surface area (TPSA) is 123 Å². The quantitative estimate of drug-likeness (QED) is 0.270. The molecule has 1 N–H and O–H groups in total. The molecule has 10 heteroatoms. The van der Waals surface area contributed by atoms with E-state index in [2.05, 4.69) is 5.32 Å². The highest BCUT2D eigenvalue weighted by Crippen LogP contribution is 2.29. The molecule has 0 atom stereocenters. The van der Waals surface area contributed by atoms with Gasteiger partial charge in [0.1, 0.15) is 17.1 Å². The van der Waals surface area contributed by atoms with Crippen molar-refractivity contribution in [3.05, 3.63) is 86.6 Å². The number of benzene rings is 2. The number of hydrogen-bond donors (Lipinski definition) is 1. The first-order valence-corrected chi connectivity index (χ1v) is 9.64. The zero-order chi connectivity index (χ0) is 23.0. The van der Waals surface area contributed by atoms with Gasteiger partial charge in [-0.15, -0.1) is 0 Å². The lowest BCUT2D eigenvalue weighted by atomic mass is 10.1. The number of nitro groups is 1. The van der Waals surface area contributed by atoms with Gasteiger partial charge in [0.15, 0.2) is 0 Å². The van der Waals surface area contributed by atoms with Gasteiger partial charge in [-0.25, -0.2) is 9.69 Å². The third kappa shape index (κ3) is 3.88. The summed E-state index contributed by atoms with van der Waals surface area (Å²) in [7, 11) is 0. The molecule has 2 heterocycles. The minimum absolute atomic E-state index is 0.105. The van der Waals surface area contributed by atoms with Crippen LogP contribution in [0.15, 0.2) is 64.6 Å². The summed E-state index contributed by atoms with van der Waals surface area (Å²) in [6.07, 6.45) is 1.20. The fourth-order valence-electron chi connectivity index (χ4n) is 3.11. The van der Waals surface area contributed by atoms with E-state index < -0.39 is 22.8 Å². The Balaban J connectivity index is 1.67. The number of nitro benzene ring substituents is 1. The van der Waals surface area contributed by atoms with Gasteiger partial charge in [-0.1, -0.05) is 29.8 Å². The number of anilines is 1. The predicted octanol–water partition coefficient (Wildman–Crippen LogP) is 4.48. The smallest absolute Gasteiger partial charge is 0.335 e. The lowest BCUT2D eigenvalue weighted by Gasteiger charge is -2.26. The van der Waals surface area contributed by atoms with Crippen LogP contribution in [0.25, 0.3) is 17.4 Å². The first-order chi connectivity index (χ1) is 15.2. The fourth-order valence-corrected chi connectivity index (χ4v) is 3.29. The number of nitrogens with one attached hydrogen (secondary N) is 1. The largest absolute Gasteiger partial charge is 0.457 e. The van der Waals surface area contributed by atoms with E-state index in [0.717, 1.165) is 10.5 Å². The van der Waals surface area contributed by atoms with E-state index >= 15 is 0 Å². The van der Waals surface area contributed by atoms with Crippen molar-refractivity contribution in [2.24, 2.45) is 0 Å². The van der Waals surface area contributed by atoms with E-state index in [1.807, 2.05) is 0 Å². The molecular formula is C22H14ClN3O6. The zero-order valence-electron chi connectivity index (χ0n) is 16.5. The zero-order valence-corrected chi connectivity index (χ0v) is 17.3. The van der Waals surface area contributed by atoms with Crippen molar-refractivity contribution in [2.75, 3.05) is 4.90 Å². The number of non-ortho nitro benzene ring substituents is 1. The second-order valence-corrected chi connectivity index (χ2v) is 7.31. The van der Waals surface area contributed by atoms with Crippen LogP contribution in [0.1, 0.15) is 11.3 Å².